The third-order valence-electron chi connectivity index (χ3n) is 3.53. The number of nitrogens with one attached hydrogen (secondary N) is 1. The Labute approximate surface area is 113 Å². The van der Waals surface area contributed by atoms with Gasteiger partial charge >= 0.3 is 0 Å². The number of hydrogen-bond acceptors (Lipinski definition) is 2. The fourth-order valence-electron chi connectivity index (χ4n) is 2.49. The van der Waals surface area contributed by atoms with Crippen molar-refractivity contribution in [2.45, 2.75) is 45.1 Å². The molecule has 1 aliphatic rings. The molecule has 1 aromatic heterocycles. The highest BCUT2D eigenvalue weighted by Crippen LogP contribution is 2.29. The predicted molar refractivity (Wildman–Crippen MR) is 73.9 cm³/mol. The van der Waals surface area contributed by atoms with E-state index < -0.39 is 0 Å². The number of pyridine rings is 1. The van der Waals surface area contributed by atoms with Gasteiger partial charge in [-0.25, -0.2) is 4.98 Å². The van der Waals surface area contributed by atoms with Crippen LogP contribution in [0.15, 0.2) is 12.3 Å². The van der Waals surface area contributed by atoms with Crippen LogP contribution in [0.5, 0.6) is 0 Å². The zero-order valence-corrected chi connectivity index (χ0v) is 11.6. The van der Waals surface area contributed by atoms with Gasteiger partial charge in [0, 0.05) is 12.2 Å². The first-order chi connectivity index (χ1) is 8.16. The lowest BCUT2D eigenvalue weighted by Crippen LogP contribution is -2.28. The van der Waals surface area contributed by atoms with Crippen molar-refractivity contribution in [1.82, 2.24) is 4.98 Å². The standard InChI is InChI=1S/C13H18Cl2N2/c1-9(10-5-3-2-4-6-10)17-13-12(15)7-11(14)8-16-13/h7-10H,2-6H2,1H3,(H,16,17). The number of aromatic nitrogens is 1. The Morgan fingerprint density at radius 2 is 2.00 bits per heavy atom. The van der Waals surface area contributed by atoms with E-state index in [0.29, 0.717) is 16.1 Å². The van der Waals surface area contributed by atoms with E-state index in [1.54, 1.807) is 12.3 Å². The SMILES string of the molecule is CC(Nc1ncc(Cl)cc1Cl)C1CCCCC1. The molecule has 1 unspecified atom stereocenters. The van der Waals surface area contributed by atoms with Gasteiger partial charge in [-0.2, -0.15) is 0 Å². The van der Waals surface area contributed by atoms with E-state index in [1.165, 1.54) is 32.1 Å². The molecule has 0 radical (unpaired) electrons. The molecule has 1 fully saturated rings. The summed E-state index contributed by atoms with van der Waals surface area (Å²) in [6.07, 6.45) is 8.31. The van der Waals surface area contributed by atoms with Crippen molar-refractivity contribution in [2.24, 2.45) is 5.92 Å². The minimum Gasteiger partial charge on any atom is -0.366 e. The minimum atomic E-state index is 0.418. The molecule has 1 heterocycles. The summed E-state index contributed by atoms with van der Waals surface area (Å²) in [5.41, 5.74) is 0. The lowest BCUT2D eigenvalue weighted by Gasteiger charge is -2.28. The zero-order valence-electron chi connectivity index (χ0n) is 10.0. The molecule has 1 aromatic rings. The largest absolute Gasteiger partial charge is 0.366 e. The second-order valence-electron chi connectivity index (χ2n) is 4.82. The maximum Gasteiger partial charge on any atom is 0.145 e. The molecule has 0 aliphatic heterocycles. The molecule has 1 N–H and O–H groups in total. The van der Waals surface area contributed by atoms with Crippen molar-refractivity contribution in [2.75, 3.05) is 5.32 Å². The van der Waals surface area contributed by atoms with Crippen LogP contribution in [0.4, 0.5) is 5.82 Å². The highest BCUT2D eigenvalue weighted by atomic mass is 35.5. The van der Waals surface area contributed by atoms with Crippen molar-refractivity contribution >= 4 is 29.0 Å². The van der Waals surface area contributed by atoms with Gasteiger partial charge in [-0.05, 0) is 31.7 Å². The van der Waals surface area contributed by atoms with Crippen LogP contribution >= 0.6 is 23.2 Å². The van der Waals surface area contributed by atoms with Crippen LogP contribution in [0.1, 0.15) is 39.0 Å². The fraction of sp³-hybridized carbons (Fsp3) is 0.615. The second-order valence-corrected chi connectivity index (χ2v) is 5.66. The molecule has 2 nitrogen and oxygen atoms in total. The summed E-state index contributed by atoms with van der Waals surface area (Å²) in [6, 6.07) is 2.15. The van der Waals surface area contributed by atoms with E-state index in [-0.39, 0.29) is 0 Å². The molecule has 94 valence electrons. The second kappa shape index (κ2) is 5.92. The molecule has 0 saturated heterocycles. The van der Waals surface area contributed by atoms with Gasteiger partial charge in [-0.1, -0.05) is 42.5 Å². The van der Waals surface area contributed by atoms with Crippen molar-refractivity contribution < 1.29 is 0 Å². The maximum atomic E-state index is 6.10. The summed E-state index contributed by atoms with van der Waals surface area (Å²) in [4.78, 5) is 4.24. The van der Waals surface area contributed by atoms with Crippen LogP contribution in [0.3, 0.4) is 0 Å². The van der Waals surface area contributed by atoms with E-state index in [1.807, 2.05) is 0 Å². The average Bonchev–Trinajstić information content (AvgIpc) is 2.34. The van der Waals surface area contributed by atoms with Gasteiger partial charge in [-0.15, -0.1) is 0 Å². The van der Waals surface area contributed by atoms with Gasteiger partial charge in [0.2, 0.25) is 0 Å². The van der Waals surface area contributed by atoms with Gasteiger partial charge in [0.15, 0.2) is 0 Å². The van der Waals surface area contributed by atoms with Crippen LogP contribution in [0, 0.1) is 5.92 Å². The first kappa shape index (κ1) is 13.0. The fourth-order valence-corrected chi connectivity index (χ4v) is 2.92. The number of rotatable bonds is 3. The summed E-state index contributed by atoms with van der Waals surface area (Å²) in [5.74, 6) is 1.48. The summed E-state index contributed by atoms with van der Waals surface area (Å²) in [7, 11) is 0. The molecule has 1 saturated carbocycles. The van der Waals surface area contributed by atoms with Gasteiger partial charge in [-0.3, -0.25) is 0 Å². The molecule has 4 heteroatoms. The number of hydrogen-bond donors (Lipinski definition) is 1. The lowest BCUT2D eigenvalue weighted by molar-refractivity contribution is 0.328. The number of nitrogens with zero attached hydrogens (tertiary/aromatic N) is 1. The minimum absolute atomic E-state index is 0.418. The predicted octanol–water partition coefficient (Wildman–Crippen LogP) is 4.77. The molecule has 2 rings (SSSR count). The molecular weight excluding hydrogens is 255 g/mol. The monoisotopic (exact) mass is 272 g/mol. The molecule has 0 amide bonds. The summed E-state index contributed by atoms with van der Waals surface area (Å²) >= 11 is 11.9. The molecule has 1 atom stereocenters. The Bertz CT molecular complexity index is 376. The van der Waals surface area contributed by atoms with Crippen molar-refractivity contribution in [3.05, 3.63) is 22.3 Å². The normalized spacial score (nSPS) is 19.0. The van der Waals surface area contributed by atoms with Crippen LogP contribution in [0.25, 0.3) is 0 Å². The summed E-state index contributed by atoms with van der Waals surface area (Å²) in [6.45, 7) is 2.21. The number of anilines is 1. The first-order valence-corrected chi connectivity index (χ1v) is 7.00. The average molecular weight is 273 g/mol. The maximum absolute atomic E-state index is 6.10. The van der Waals surface area contributed by atoms with Crippen LogP contribution in [-0.2, 0) is 0 Å². The highest BCUT2D eigenvalue weighted by Gasteiger charge is 2.20. The van der Waals surface area contributed by atoms with Gasteiger partial charge in [0.1, 0.15) is 5.82 Å². The Balaban J connectivity index is 1.99. The Kier molecular flexibility index (Phi) is 4.52. The zero-order chi connectivity index (χ0) is 12.3. The molecule has 1 aliphatic carbocycles. The highest BCUT2D eigenvalue weighted by molar-refractivity contribution is 6.35. The van der Waals surface area contributed by atoms with E-state index in [4.69, 9.17) is 23.2 Å². The van der Waals surface area contributed by atoms with Crippen LogP contribution in [-0.4, -0.2) is 11.0 Å². The lowest BCUT2D eigenvalue weighted by atomic mass is 9.84. The van der Waals surface area contributed by atoms with Gasteiger partial charge < -0.3 is 5.32 Å². The van der Waals surface area contributed by atoms with E-state index in [0.717, 1.165) is 11.7 Å². The third kappa shape index (κ3) is 3.49. The van der Waals surface area contributed by atoms with Crippen molar-refractivity contribution in [3.8, 4) is 0 Å². The number of halogens is 2. The molecule has 0 spiro atoms. The molecule has 0 bridgehead atoms. The van der Waals surface area contributed by atoms with Crippen LogP contribution in [0.2, 0.25) is 10.0 Å². The first-order valence-electron chi connectivity index (χ1n) is 6.24. The summed E-state index contributed by atoms with van der Waals surface area (Å²) in [5, 5.41) is 4.58. The molecule has 17 heavy (non-hydrogen) atoms. The van der Waals surface area contributed by atoms with E-state index >= 15 is 0 Å². The summed E-state index contributed by atoms with van der Waals surface area (Å²) < 4.78 is 0. The molecule has 0 aromatic carbocycles. The Morgan fingerprint density at radius 1 is 1.29 bits per heavy atom. The third-order valence-corrected chi connectivity index (χ3v) is 4.02. The van der Waals surface area contributed by atoms with Crippen molar-refractivity contribution in [1.29, 1.82) is 0 Å². The van der Waals surface area contributed by atoms with E-state index in [9.17, 15) is 0 Å². The Morgan fingerprint density at radius 3 is 2.65 bits per heavy atom. The quantitative estimate of drug-likeness (QED) is 0.858. The van der Waals surface area contributed by atoms with Gasteiger partial charge in [0.25, 0.3) is 0 Å². The van der Waals surface area contributed by atoms with Gasteiger partial charge in [0.05, 0.1) is 10.0 Å². The van der Waals surface area contributed by atoms with E-state index in [2.05, 4.69) is 17.2 Å². The Hall–Kier alpha value is -0.470. The van der Waals surface area contributed by atoms with Crippen LogP contribution < -0.4 is 5.32 Å². The smallest absolute Gasteiger partial charge is 0.145 e. The topological polar surface area (TPSA) is 24.9 Å². The van der Waals surface area contributed by atoms with Crippen molar-refractivity contribution in [3.63, 3.8) is 0 Å². The molecular formula is C13H18Cl2N2.